The van der Waals surface area contributed by atoms with Gasteiger partial charge in [-0.1, -0.05) is 18.2 Å². The lowest BCUT2D eigenvalue weighted by Crippen LogP contribution is -2.34. The van der Waals surface area contributed by atoms with Crippen molar-refractivity contribution in [2.24, 2.45) is 5.92 Å². The first-order chi connectivity index (χ1) is 8.31. The third kappa shape index (κ3) is 3.56. The molecule has 3 heteroatoms. The number of hydrogen-bond donors (Lipinski definition) is 0. The van der Waals surface area contributed by atoms with E-state index in [4.69, 9.17) is 4.74 Å². The smallest absolute Gasteiger partial charge is 0.252 e. The van der Waals surface area contributed by atoms with E-state index in [9.17, 15) is 4.79 Å². The van der Waals surface area contributed by atoms with E-state index in [-0.39, 0.29) is 12.5 Å². The first-order valence-corrected chi connectivity index (χ1v) is 6.24. The monoisotopic (exact) mass is 233 g/mol. The second-order valence-corrected chi connectivity index (χ2v) is 4.43. The van der Waals surface area contributed by atoms with Gasteiger partial charge in [0.1, 0.15) is 6.61 Å². The van der Waals surface area contributed by atoms with Gasteiger partial charge in [0, 0.05) is 12.2 Å². The van der Waals surface area contributed by atoms with Gasteiger partial charge in [-0.2, -0.15) is 0 Å². The summed E-state index contributed by atoms with van der Waals surface area (Å²) in [5, 5.41) is 0. The zero-order valence-electron chi connectivity index (χ0n) is 10.3. The maximum Gasteiger partial charge on any atom is 0.252 e. The molecule has 1 aromatic rings. The van der Waals surface area contributed by atoms with Crippen LogP contribution in [0.15, 0.2) is 30.3 Å². The van der Waals surface area contributed by atoms with Gasteiger partial charge in [0.25, 0.3) is 5.91 Å². The van der Waals surface area contributed by atoms with E-state index in [2.05, 4.69) is 0 Å². The predicted octanol–water partition coefficient (Wildman–Crippen LogP) is 2.47. The van der Waals surface area contributed by atoms with Crippen LogP contribution in [0.2, 0.25) is 0 Å². The highest BCUT2D eigenvalue weighted by atomic mass is 16.5. The van der Waals surface area contributed by atoms with E-state index in [1.54, 1.807) is 4.90 Å². The lowest BCUT2D eigenvalue weighted by Gasteiger charge is -2.20. The number of nitrogens with zero attached hydrogens (tertiary/aromatic N) is 1. The maximum absolute atomic E-state index is 12.0. The maximum atomic E-state index is 12.0. The molecule has 1 aliphatic carbocycles. The van der Waals surface area contributed by atoms with Gasteiger partial charge in [-0.15, -0.1) is 0 Å². The molecule has 0 atom stereocenters. The van der Waals surface area contributed by atoms with Crippen molar-refractivity contribution in [2.45, 2.75) is 19.8 Å². The number of para-hydroxylation sites is 1. The number of ether oxygens (including phenoxy) is 1. The molecule has 1 saturated carbocycles. The molecule has 0 saturated heterocycles. The summed E-state index contributed by atoms with van der Waals surface area (Å²) < 4.78 is 5.43. The van der Waals surface area contributed by atoms with Gasteiger partial charge in [0.05, 0.1) is 6.61 Å². The summed E-state index contributed by atoms with van der Waals surface area (Å²) in [6.07, 6.45) is 2.51. The minimum absolute atomic E-state index is 0.0411. The summed E-state index contributed by atoms with van der Waals surface area (Å²) >= 11 is 0. The Morgan fingerprint density at radius 3 is 2.65 bits per heavy atom. The van der Waals surface area contributed by atoms with Crippen LogP contribution >= 0.6 is 0 Å². The number of benzene rings is 1. The minimum Gasteiger partial charge on any atom is -0.371 e. The van der Waals surface area contributed by atoms with Crippen LogP contribution in [0.5, 0.6) is 0 Å². The Kier molecular flexibility index (Phi) is 4.15. The van der Waals surface area contributed by atoms with Crippen molar-refractivity contribution >= 4 is 11.6 Å². The molecule has 0 spiro atoms. The molecule has 92 valence electrons. The fourth-order valence-corrected chi connectivity index (χ4v) is 1.79. The largest absolute Gasteiger partial charge is 0.371 e. The molecule has 17 heavy (non-hydrogen) atoms. The average molecular weight is 233 g/mol. The molecule has 0 N–H and O–H groups in total. The quantitative estimate of drug-likeness (QED) is 0.755. The van der Waals surface area contributed by atoms with Crippen LogP contribution in [0.4, 0.5) is 5.69 Å². The number of hydrogen-bond acceptors (Lipinski definition) is 2. The molecule has 1 aliphatic rings. The van der Waals surface area contributed by atoms with Crippen LogP contribution in [0.25, 0.3) is 0 Å². The van der Waals surface area contributed by atoms with Crippen molar-refractivity contribution in [1.29, 1.82) is 0 Å². The van der Waals surface area contributed by atoms with Crippen molar-refractivity contribution in [2.75, 3.05) is 24.7 Å². The summed E-state index contributed by atoms with van der Waals surface area (Å²) in [5.74, 6) is 0.744. The fraction of sp³-hybridized carbons (Fsp3) is 0.500. The summed E-state index contributed by atoms with van der Waals surface area (Å²) in [6, 6.07) is 9.72. The Bertz CT molecular complexity index is 360. The van der Waals surface area contributed by atoms with Crippen molar-refractivity contribution < 1.29 is 9.53 Å². The Hall–Kier alpha value is -1.35. The predicted molar refractivity (Wildman–Crippen MR) is 68.0 cm³/mol. The van der Waals surface area contributed by atoms with Crippen LogP contribution < -0.4 is 4.90 Å². The van der Waals surface area contributed by atoms with Gasteiger partial charge in [-0.05, 0) is 37.8 Å². The number of carbonyl (C=O) groups excluding carboxylic acids is 1. The molecule has 3 nitrogen and oxygen atoms in total. The van der Waals surface area contributed by atoms with Gasteiger partial charge in [-0.25, -0.2) is 0 Å². The third-order valence-corrected chi connectivity index (χ3v) is 2.96. The topological polar surface area (TPSA) is 29.5 Å². The van der Waals surface area contributed by atoms with E-state index in [0.717, 1.165) is 12.3 Å². The lowest BCUT2D eigenvalue weighted by molar-refractivity contribution is -0.123. The number of amides is 1. The summed E-state index contributed by atoms with van der Waals surface area (Å²) in [5.41, 5.74) is 0.940. The summed E-state index contributed by atoms with van der Waals surface area (Å²) in [6.45, 7) is 3.58. The van der Waals surface area contributed by atoms with Crippen molar-refractivity contribution in [3.63, 3.8) is 0 Å². The molecule has 1 fully saturated rings. The molecule has 1 aromatic carbocycles. The molecule has 0 aromatic heterocycles. The Morgan fingerprint density at radius 1 is 1.35 bits per heavy atom. The molecule has 0 aliphatic heterocycles. The van der Waals surface area contributed by atoms with Crippen molar-refractivity contribution in [3.05, 3.63) is 30.3 Å². The van der Waals surface area contributed by atoms with Gasteiger partial charge in [0.15, 0.2) is 0 Å². The second-order valence-electron chi connectivity index (χ2n) is 4.43. The molecule has 2 rings (SSSR count). The van der Waals surface area contributed by atoms with Gasteiger partial charge in [0.2, 0.25) is 0 Å². The Balaban J connectivity index is 1.85. The average Bonchev–Trinajstić information content (AvgIpc) is 3.15. The van der Waals surface area contributed by atoms with Crippen molar-refractivity contribution in [1.82, 2.24) is 0 Å². The van der Waals surface area contributed by atoms with E-state index in [1.165, 1.54) is 12.8 Å². The minimum atomic E-state index is 0.0411. The van der Waals surface area contributed by atoms with Gasteiger partial charge in [-0.3, -0.25) is 4.79 Å². The van der Waals surface area contributed by atoms with Crippen LogP contribution in [-0.2, 0) is 9.53 Å². The summed E-state index contributed by atoms with van der Waals surface area (Å²) in [4.78, 5) is 13.7. The molecule has 0 radical (unpaired) electrons. The zero-order valence-corrected chi connectivity index (χ0v) is 10.3. The van der Waals surface area contributed by atoms with Crippen molar-refractivity contribution in [3.8, 4) is 0 Å². The van der Waals surface area contributed by atoms with Gasteiger partial charge >= 0.3 is 0 Å². The molecule has 0 bridgehead atoms. The number of rotatable bonds is 6. The van der Waals surface area contributed by atoms with Crippen LogP contribution in [0, 0.1) is 5.92 Å². The molecule has 1 amide bonds. The van der Waals surface area contributed by atoms with E-state index < -0.39 is 0 Å². The first-order valence-electron chi connectivity index (χ1n) is 6.24. The first kappa shape index (κ1) is 12.1. The highest BCUT2D eigenvalue weighted by molar-refractivity contribution is 5.94. The second kappa shape index (κ2) is 5.82. The standard InChI is InChI=1S/C14H19NO2/c1-2-15(13-6-4-3-5-7-13)14(16)11-17-10-12-8-9-12/h3-7,12H,2,8-11H2,1H3. The SMILES string of the molecule is CCN(C(=O)COCC1CC1)c1ccccc1. The third-order valence-electron chi connectivity index (χ3n) is 2.96. The Labute approximate surface area is 102 Å². The van der Waals surface area contributed by atoms with Crippen LogP contribution in [0.3, 0.4) is 0 Å². The fourth-order valence-electron chi connectivity index (χ4n) is 1.79. The highest BCUT2D eigenvalue weighted by Gasteiger charge is 2.22. The number of carbonyl (C=O) groups is 1. The highest BCUT2D eigenvalue weighted by Crippen LogP contribution is 2.28. The number of anilines is 1. The summed E-state index contributed by atoms with van der Waals surface area (Å²) in [7, 11) is 0. The van der Waals surface area contributed by atoms with Gasteiger partial charge < -0.3 is 9.64 Å². The lowest BCUT2D eigenvalue weighted by atomic mass is 10.3. The molecular formula is C14H19NO2. The normalized spacial score (nSPS) is 14.6. The Morgan fingerprint density at radius 2 is 2.06 bits per heavy atom. The molecule has 0 unspecified atom stereocenters. The van der Waals surface area contributed by atoms with E-state index in [1.807, 2.05) is 37.3 Å². The zero-order chi connectivity index (χ0) is 12.1. The van der Waals surface area contributed by atoms with E-state index >= 15 is 0 Å². The molecular weight excluding hydrogens is 214 g/mol. The van der Waals surface area contributed by atoms with Crippen LogP contribution in [0.1, 0.15) is 19.8 Å². The van der Waals surface area contributed by atoms with E-state index in [0.29, 0.717) is 12.5 Å². The molecule has 0 heterocycles. The van der Waals surface area contributed by atoms with Crippen LogP contribution in [-0.4, -0.2) is 25.7 Å². The number of likely N-dealkylation sites (N-methyl/N-ethyl adjacent to an activating group) is 1.